The van der Waals surface area contributed by atoms with Crippen LogP contribution in [0.1, 0.15) is 33.6 Å². The third-order valence-corrected chi connectivity index (χ3v) is 1.51. The lowest BCUT2D eigenvalue weighted by atomic mass is 10.1. The van der Waals surface area contributed by atoms with E-state index in [1.807, 2.05) is 26.8 Å². The van der Waals surface area contributed by atoms with Gasteiger partial charge in [-0.1, -0.05) is 26.8 Å². The van der Waals surface area contributed by atoms with Crippen molar-refractivity contribution >= 4 is 0 Å². The molecule has 0 spiro atoms. The van der Waals surface area contributed by atoms with Crippen molar-refractivity contribution in [3.05, 3.63) is 24.1 Å². The molecule has 0 aromatic heterocycles. The van der Waals surface area contributed by atoms with Gasteiger partial charge in [-0.15, -0.1) is 0 Å². The highest BCUT2D eigenvalue weighted by Crippen LogP contribution is 2.16. The molecule has 11 heavy (non-hydrogen) atoms. The molecular formula is C10H17F. The molecule has 0 nitrogen and oxygen atoms in total. The molecule has 0 aromatic rings. The van der Waals surface area contributed by atoms with Gasteiger partial charge < -0.3 is 0 Å². The molecular weight excluding hydrogens is 139 g/mol. The van der Waals surface area contributed by atoms with Crippen LogP contribution in [0.4, 0.5) is 4.39 Å². The third kappa shape index (κ3) is 4.77. The van der Waals surface area contributed by atoms with Crippen LogP contribution in [0.3, 0.4) is 0 Å². The Morgan fingerprint density at radius 2 is 2.09 bits per heavy atom. The van der Waals surface area contributed by atoms with Gasteiger partial charge in [0.25, 0.3) is 0 Å². The van der Waals surface area contributed by atoms with Crippen LogP contribution in [0.5, 0.6) is 0 Å². The van der Waals surface area contributed by atoms with Crippen LogP contribution in [-0.2, 0) is 0 Å². The predicted octanol–water partition coefficient (Wildman–Crippen LogP) is 3.85. The molecule has 0 saturated carbocycles. The second-order valence-electron chi connectivity index (χ2n) is 2.51. The molecule has 0 radical (unpaired) electrons. The van der Waals surface area contributed by atoms with Gasteiger partial charge in [0, 0.05) is 0 Å². The van der Waals surface area contributed by atoms with E-state index < -0.39 is 0 Å². The molecule has 1 aliphatic carbocycles. The first-order valence-electron chi connectivity index (χ1n) is 4.33. The van der Waals surface area contributed by atoms with Crippen molar-refractivity contribution in [1.29, 1.82) is 0 Å². The fraction of sp³-hybridized carbons (Fsp3) is 0.600. The Kier molecular flexibility index (Phi) is 5.81. The zero-order valence-electron chi connectivity index (χ0n) is 7.60. The minimum atomic E-state index is -0.0833. The van der Waals surface area contributed by atoms with Crippen LogP contribution < -0.4 is 0 Å². The SMILES string of the molecule is CC.CC1C=C(F)C=CCC1. The van der Waals surface area contributed by atoms with E-state index in [0.29, 0.717) is 5.92 Å². The van der Waals surface area contributed by atoms with Crippen LogP contribution in [0, 0.1) is 5.92 Å². The second kappa shape index (κ2) is 6.14. The number of allylic oxidation sites excluding steroid dienone is 4. The van der Waals surface area contributed by atoms with Crippen LogP contribution in [-0.4, -0.2) is 0 Å². The Morgan fingerprint density at radius 1 is 1.45 bits per heavy atom. The van der Waals surface area contributed by atoms with Crippen LogP contribution in [0.15, 0.2) is 24.1 Å². The maximum absolute atomic E-state index is 12.5. The van der Waals surface area contributed by atoms with Gasteiger partial charge in [-0.25, -0.2) is 4.39 Å². The molecule has 0 amide bonds. The average molecular weight is 156 g/mol. The number of hydrogen-bond donors (Lipinski definition) is 0. The van der Waals surface area contributed by atoms with Crippen molar-refractivity contribution in [3.63, 3.8) is 0 Å². The van der Waals surface area contributed by atoms with Crippen LogP contribution in [0.2, 0.25) is 0 Å². The normalized spacial score (nSPS) is 22.9. The predicted molar refractivity (Wildman–Crippen MR) is 48.1 cm³/mol. The molecule has 0 N–H and O–H groups in total. The second-order valence-corrected chi connectivity index (χ2v) is 2.51. The van der Waals surface area contributed by atoms with Crippen molar-refractivity contribution < 1.29 is 4.39 Å². The van der Waals surface area contributed by atoms with Gasteiger partial charge in [-0.2, -0.15) is 0 Å². The topological polar surface area (TPSA) is 0 Å². The molecule has 1 aliphatic rings. The Labute approximate surface area is 68.8 Å². The van der Waals surface area contributed by atoms with Gasteiger partial charge >= 0.3 is 0 Å². The standard InChI is InChI=1S/C8H11F.C2H6/c1-7-4-2-3-5-8(9)6-7;1-2/h3,5-7H,2,4H2,1H3;1-2H3. The van der Waals surface area contributed by atoms with E-state index in [-0.39, 0.29) is 5.83 Å². The van der Waals surface area contributed by atoms with Crippen molar-refractivity contribution in [3.8, 4) is 0 Å². The summed E-state index contributed by atoms with van der Waals surface area (Å²) >= 11 is 0. The number of hydrogen-bond acceptors (Lipinski definition) is 0. The maximum Gasteiger partial charge on any atom is 0.119 e. The first-order valence-corrected chi connectivity index (χ1v) is 4.33. The molecule has 0 aromatic carbocycles. The molecule has 1 unspecified atom stereocenters. The molecule has 0 fully saturated rings. The smallest absolute Gasteiger partial charge is 0.119 e. The van der Waals surface area contributed by atoms with Gasteiger partial charge in [0.05, 0.1) is 0 Å². The average Bonchev–Trinajstić information content (AvgIpc) is 2.18. The van der Waals surface area contributed by atoms with E-state index in [1.54, 1.807) is 12.2 Å². The summed E-state index contributed by atoms with van der Waals surface area (Å²) in [6.07, 6.45) is 7.18. The summed E-state index contributed by atoms with van der Waals surface area (Å²) in [4.78, 5) is 0. The first kappa shape index (κ1) is 10.4. The molecule has 1 atom stereocenters. The molecule has 0 aliphatic heterocycles. The van der Waals surface area contributed by atoms with E-state index in [2.05, 4.69) is 0 Å². The van der Waals surface area contributed by atoms with Crippen molar-refractivity contribution in [2.45, 2.75) is 33.6 Å². The summed E-state index contributed by atoms with van der Waals surface area (Å²) in [6, 6.07) is 0. The quantitative estimate of drug-likeness (QED) is 0.499. The van der Waals surface area contributed by atoms with Gasteiger partial charge in [-0.3, -0.25) is 0 Å². The Bertz CT molecular complexity index is 145. The molecule has 1 rings (SSSR count). The van der Waals surface area contributed by atoms with E-state index >= 15 is 0 Å². The summed E-state index contributed by atoms with van der Waals surface area (Å²) in [5.74, 6) is 0.319. The molecule has 0 heterocycles. The maximum atomic E-state index is 12.5. The lowest BCUT2D eigenvalue weighted by Crippen LogP contribution is -1.85. The lowest BCUT2D eigenvalue weighted by molar-refractivity contribution is 0.618. The Hall–Kier alpha value is -0.590. The summed E-state index contributed by atoms with van der Waals surface area (Å²) in [5, 5.41) is 0. The lowest BCUT2D eigenvalue weighted by Gasteiger charge is -1.98. The summed E-state index contributed by atoms with van der Waals surface area (Å²) < 4.78 is 12.5. The van der Waals surface area contributed by atoms with E-state index in [4.69, 9.17) is 0 Å². The fourth-order valence-electron chi connectivity index (χ4n) is 0.966. The minimum Gasteiger partial charge on any atom is -0.207 e. The van der Waals surface area contributed by atoms with Crippen LogP contribution >= 0.6 is 0 Å². The Morgan fingerprint density at radius 3 is 2.73 bits per heavy atom. The highest BCUT2D eigenvalue weighted by atomic mass is 19.1. The Balaban J connectivity index is 0.000000461. The van der Waals surface area contributed by atoms with Crippen molar-refractivity contribution in [1.82, 2.24) is 0 Å². The van der Waals surface area contributed by atoms with E-state index in [1.165, 1.54) is 0 Å². The largest absolute Gasteiger partial charge is 0.207 e. The van der Waals surface area contributed by atoms with Gasteiger partial charge in [-0.05, 0) is 30.9 Å². The molecule has 1 heteroatoms. The van der Waals surface area contributed by atoms with Gasteiger partial charge in [0.15, 0.2) is 0 Å². The van der Waals surface area contributed by atoms with Gasteiger partial charge in [0.2, 0.25) is 0 Å². The monoisotopic (exact) mass is 156 g/mol. The van der Waals surface area contributed by atoms with E-state index in [9.17, 15) is 4.39 Å². The number of rotatable bonds is 0. The zero-order valence-corrected chi connectivity index (χ0v) is 7.60. The fourth-order valence-corrected chi connectivity index (χ4v) is 0.966. The molecule has 0 bridgehead atoms. The number of halogens is 1. The minimum absolute atomic E-state index is 0.0833. The third-order valence-electron chi connectivity index (χ3n) is 1.51. The van der Waals surface area contributed by atoms with Crippen molar-refractivity contribution in [2.75, 3.05) is 0 Å². The summed E-state index contributed by atoms with van der Waals surface area (Å²) in [6.45, 7) is 6.03. The highest BCUT2D eigenvalue weighted by Gasteiger charge is 2.01. The van der Waals surface area contributed by atoms with Crippen molar-refractivity contribution in [2.24, 2.45) is 5.92 Å². The molecule has 64 valence electrons. The summed E-state index contributed by atoms with van der Waals surface area (Å²) in [5.41, 5.74) is 0. The zero-order chi connectivity index (χ0) is 8.69. The van der Waals surface area contributed by atoms with Gasteiger partial charge in [0.1, 0.15) is 5.83 Å². The van der Waals surface area contributed by atoms with Crippen LogP contribution in [0.25, 0.3) is 0 Å². The first-order chi connectivity index (χ1) is 5.29. The highest BCUT2D eigenvalue weighted by molar-refractivity contribution is 5.14. The van der Waals surface area contributed by atoms with E-state index in [0.717, 1.165) is 12.8 Å². The molecule has 0 saturated heterocycles. The summed E-state index contributed by atoms with van der Waals surface area (Å²) in [7, 11) is 0.